The Hall–Kier alpha value is -0.630. The van der Waals surface area contributed by atoms with Gasteiger partial charge in [0.1, 0.15) is 5.82 Å². The summed E-state index contributed by atoms with van der Waals surface area (Å²) in [5.74, 6) is -0.208. The minimum Gasteiger partial charge on any atom is -0.207 e. The van der Waals surface area contributed by atoms with Crippen molar-refractivity contribution < 1.29 is 4.39 Å². The average Bonchev–Trinajstić information content (AvgIpc) is 1.99. The molecule has 2 heteroatoms. The van der Waals surface area contributed by atoms with E-state index in [-0.39, 0.29) is 5.82 Å². The van der Waals surface area contributed by atoms with Crippen LogP contribution in [0.3, 0.4) is 0 Å². The lowest BCUT2D eigenvalue weighted by molar-refractivity contribution is 0.626. The highest BCUT2D eigenvalue weighted by atomic mass is 79.9. The van der Waals surface area contributed by atoms with Crippen molar-refractivity contribution in [1.29, 1.82) is 0 Å². The van der Waals surface area contributed by atoms with Crippen molar-refractivity contribution in [3.05, 3.63) is 40.1 Å². The van der Waals surface area contributed by atoms with E-state index in [1.807, 2.05) is 25.1 Å². The predicted octanol–water partition coefficient (Wildman–Crippen LogP) is 4.01. The van der Waals surface area contributed by atoms with Crippen LogP contribution in [0.25, 0.3) is 6.08 Å². The van der Waals surface area contributed by atoms with Crippen LogP contribution in [0.1, 0.15) is 18.9 Å². The van der Waals surface area contributed by atoms with Crippen LogP contribution in [-0.2, 0) is 0 Å². The van der Waals surface area contributed by atoms with Crippen LogP contribution < -0.4 is 0 Å². The Kier molecular flexibility index (Phi) is 3.48. The van der Waals surface area contributed by atoms with Gasteiger partial charge in [0.05, 0.1) is 0 Å². The van der Waals surface area contributed by atoms with Gasteiger partial charge in [-0.05, 0) is 30.2 Å². The summed E-state index contributed by atoms with van der Waals surface area (Å²) < 4.78 is 13.6. The normalized spacial score (nSPS) is 10.9. The molecule has 0 fully saturated rings. The van der Waals surface area contributed by atoms with Gasteiger partial charge in [0, 0.05) is 4.47 Å². The van der Waals surface area contributed by atoms with Gasteiger partial charge in [-0.2, -0.15) is 0 Å². The zero-order chi connectivity index (χ0) is 8.97. The standard InChI is InChI=1S/C10H10BrF/c1-2-3-4-8-5-9(11)7-10(12)6-8/h3-7H,2H2,1H3/b4-3+. The molecule has 64 valence electrons. The van der Waals surface area contributed by atoms with Crippen LogP contribution in [0.5, 0.6) is 0 Å². The lowest BCUT2D eigenvalue weighted by Gasteiger charge is -1.95. The Morgan fingerprint density at radius 2 is 2.17 bits per heavy atom. The highest BCUT2D eigenvalue weighted by Crippen LogP contribution is 2.15. The van der Waals surface area contributed by atoms with E-state index in [1.54, 1.807) is 0 Å². The van der Waals surface area contributed by atoms with Crippen LogP contribution in [0.2, 0.25) is 0 Å². The number of hydrogen-bond donors (Lipinski definition) is 0. The second kappa shape index (κ2) is 4.41. The first-order chi connectivity index (χ1) is 5.72. The van der Waals surface area contributed by atoms with Gasteiger partial charge in [0.15, 0.2) is 0 Å². The smallest absolute Gasteiger partial charge is 0.124 e. The minimum atomic E-state index is -0.208. The van der Waals surface area contributed by atoms with Crippen molar-refractivity contribution in [3.8, 4) is 0 Å². The summed E-state index contributed by atoms with van der Waals surface area (Å²) in [5.41, 5.74) is 0.892. The molecular weight excluding hydrogens is 219 g/mol. The predicted molar refractivity (Wildman–Crippen MR) is 53.4 cm³/mol. The highest BCUT2D eigenvalue weighted by Gasteiger charge is 1.94. The first-order valence-electron chi connectivity index (χ1n) is 3.85. The molecule has 0 saturated heterocycles. The van der Waals surface area contributed by atoms with Crippen molar-refractivity contribution in [1.82, 2.24) is 0 Å². The van der Waals surface area contributed by atoms with Crippen molar-refractivity contribution in [2.45, 2.75) is 13.3 Å². The number of halogens is 2. The maximum atomic E-state index is 12.8. The third kappa shape index (κ3) is 2.78. The quantitative estimate of drug-likeness (QED) is 0.718. The van der Waals surface area contributed by atoms with E-state index in [1.165, 1.54) is 12.1 Å². The number of allylic oxidation sites excluding steroid dienone is 1. The Balaban J connectivity index is 2.93. The molecular formula is C10H10BrF. The SMILES string of the molecule is CC/C=C/c1cc(F)cc(Br)c1. The zero-order valence-corrected chi connectivity index (χ0v) is 8.44. The molecule has 1 rings (SSSR count). The molecule has 0 heterocycles. The van der Waals surface area contributed by atoms with E-state index < -0.39 is 0 Å². The summed E-state index contributed by atoms with van der Waals surface area (Å²) in [4.78, 5) is 0. The lowest BCUT2D eigenvalue weighted by atomic mass is 10.2. The molecule has 0 aliphatic heterocycles. The second-order valence-corrected chi connectivity index (χ2v) is 3.43. The molecule has 0 aromatic heterocycles. The van der Waals surface area contributed by atoms with Crippen LogP contribution in [0.4, 0.5) is 4.39 Å². The molecule has 12 heavy (non-hydrogen) atoms. The maximum Gasteiger partial charge on any atom is 0.124 e. The number of rotatable bonds is 2. The van der Waals surface area contributed by atoms with Gasteiger partial charge in [-0.25, -0.2) is 4.39 Å². The van der Waals surface area contributed by atoms with E-state index in [0.717, 1.165) is 16.5 Å². The van der Waals surface area contributed by atoms with Crippen molar-refractivity contribution >= 4 is 22.0 Å². The van der Waals surface area contributed by atoms with Crippen LogP contribution in [0.15, 0.2) is 28.7 Å². The van der Waals surface area contributed by atoms with Crippen molar-refractivity contribution in [2.75, 3.05) is 0 Å². The Bertz CT molecular complexity index is 272. The second-order valence-electron chi connectivity index (χ2n) is 2.51. The largest absolute Gasteiger partial charge is 0.207 e. The van der Waals surface area contributed by atoms with E-state index in [4.69, 9.17) is 0 Å². The summed E-state index contributed by atoms with van der Waals surface area (Å²) in [5, 5.41) is 0. The zero-order valence-electron chi connectivity index (χ0n) is 6.85. The van der Waals surface area contributed by atoms with Crippen LogP contribution in [-0.4, -0.2) is 0 Å². The molecule has 0 unspecified atom stereocenters. The summed E-state index contributed by atoms with van der Waals surface area (Å²) in [6.45, 7) is 2.05. The summed E-state index contributed by atoms with van der Waals surface area (Å²) in [6, 6.07) is 4.84. The Labute approximate surface area is 80.2 Å². The fourth-order valence-electron chi connectivity index (χ4n) is 0.925. The monoisotopic (exact) mass is 228 g/mol. The molecule has 0 amide bonds. The van der Waals surface area contributed by atoms with Gasteiger partial charge < -0.3 is 0 Å². The lowest BCUT2D eigenvalue weighted by Crippen LogP contribution is -1.77. The van der Waals surface area contributed by atoms with E-state index in [9.17, 15) is 4.39 Å². The van der Waals surface area contributed by atoms with Gasteiger partial charge in [-0.3, -0.25) is 0 Å². The number of hydrogen-bond acceptors (Lipinski definition) is 0. The van der Waals surface area contributed by atoms with Gasteiger partial charge in [-0.1, -0.05) is 35.0 Å². The minimum absolute atomic E-state index is 0.208. The summed E-state index contributed by atoms with van der Waals surface area (Å²) in [7, 11) is 0. The molecule has 0 bridgehead atoms. The van der Waals surface area contributed by atoms with Gasteiger partial charge in [0.2, 0.25) is 0 Å². The molecule has 0 saturated carbocycles. The van der Waals surface area contributed by atoms with E-state index >= 15 is 0 Å². The fraction of sp³-hybridized carbons (Fsp3) is 0.200. The molecule has 0 spiro atoms. The molecule has 1 aromatic rings. The van der Waals surface area contributed by atoms with Crippen molar-refractivity contribution in [3.63, 3.8) is 0 Å². The third-order valence-corrected chi connectivity index (χ3v) is 1.89. The topological polar surface area (TPSA) is 0 Å². The summed E-state index contributed by atoms with van der Waals surface area (Å²) >= 11 is 3.23. The van der Waals surface area contributed by atoms with Crippen molar-refractivity contribution in [2.24, 2.45) is 0 Å². The molecule has 0 aliphatic carbocycles. The average molecular weight is 229 g/mol. The van der Waals surface area contributed by atoms with Crippen LogP contribution in [0, 0.1) is 5.82 Å². The fourth-order valence-corrected chi connectivity index (χ4v) is 1.41. The highest BCUT2D eigenvalue weighted by molar-refractivity contribution is 9.10. The maximum absolute atomic E-state index is 12.8. The Morgan fingerprint density at radius 1 is 1.42 bits per heavy atom. The molecule has 1 aromatic carbocycles. The Morgan fingerprint density at radius 3 is 2.75 bits per heavy atom. The van der Waals surface area contributed by atoms with Gasteiger partial charge >= 0.3 is 0 Å². The first kappa shape index (κ1) is 9.46. The van der Waals surface area contributed by atoms with E-state index in [0.29, 0.717) is 0 Å². The first-order valence-corrected chi connectivity index (χ1v) is 4.64. The van der Waals surface area contributed by atoms with Gasteiger partial charge in [0.25, 0.3) is 0 Å². The van der Waals surface area contributed by atoms with E-state index in [2.05, 4.69) is 15.9 Å². The molecule has 0 N–H and O–H groups in total. The number of benzene rings is 1. The van der Waals surface area contributed by atoms with Gasteiger partial charge in [-0.15, -0.1) is 0 Å². The molecule has 0 radical (unpaired) electrons. The molecule has 0 aliphatic rings. The third-order valence-electron chi connectivity index (χ3n) is 1.43. The molecule has 0 nitrogen and oxygen atoms in total. The van der Waals surface area contributed by atoms with Crippen LogP contribution >= 0.6 is 15.9 Å². The molecule has 0 atom stereocenters. The summed E-state index contributed by atoms with van der Waals surface area (Å²) in [6.07, 6.45) is 4.88.